The molecule has 0 bridgehead atoms. The molecule has 0 heterocycles. The van der Waals surface area contributed by atoms with Crippen LogP contribution in [0.3, 0.4) is 0 Å². The van der Waals surface area contributed by atoms with Gasteiger partial charge in [-0.05, 0) is 25.2 Å². The summed E-state index contributed by atoms with van der Waals surface area (Å²) >= 11 is 0. The Labute approximate surface area is 68.8 Å². The maximum absolute atomic E-state index is 5.37. The Kier molecular flexibility index (Phi) is 3.99. The number of hydrogen-bond donors (Lipinski definition) is 0. The van der Waals surface area contributed by atoms with Crippen LogP contribution >= 0.6 is 0 Å². The molecule has 0 aliphatic heterocycles. The number of ether oxygens (including phenoxy) is 1. The lowest BCUT2D eigenvalue weighted by atomic mass is 9.95. The van der Waals surface area contributed by atoms with Gasteiger partial charge in [-0.25, -0.2) is 0 Å². The largest absolute Gasteiger partial charge is 0.377 e. The van der Waals surface area contributed by atoms with Crippen LogP contribution < -0.4 is 0 Å². The molecule has 1 heteroatoms. The van der Waals surface area contributed by atoms with Crippen LogP contribution in [0, 0.1) is 5.92 Å². The van der Waals surface area contributed by atoms with Crippen LogP contribution in [0.15, 0.2) is 24.8 Å². The lowest BCUT2D eigenvalue weighted by Crippen LogP contribution is -2.10. The van der Waals surface area contributed by atoms with Gasteiger partial charge in [0.1, 0.15) is 0 Å². The molecule has 0 aromatic heterocycles. The monoisotopic (exact) mass is 152 g/mol. The molecule has 0 aromatic carbocycles. The van der Waals surface area contributed by atoms with Crippen LogP contribution in [-0.2, 0) is 4.74 Å². The Bertz CT molecular complexity index is 138. The molecule has 0 radical (unpaired) electrons. The van der Waals surface area contributed by atoms with Gasteiger partial charge in [-0.3, -0.25) is 0 Å². The second-order valence-corrected chi connectivity index (χ2v) is 2.98. The van der Waals surface area contributed by atoms with E-state index in [2.05, 4.69) is 18.7 Å². The summed E-state index contributed by atoms with van der Waals surface area (Å²) in [6, 6.07) is 0. The first-order valence-electron chi connectivity index (χ1n) is 4.27. The Morgan fingerprint density at radius 2 is 2.45 bits per heavy atom. The van der Waals surface area contributed by atoms with Crippen molar-refractivity contribution in [3.63, 3.8) is 0 Å². The van der Waals surface area contributed by atoms with Crippen LogP contribution in [0.5, 0.6) is 0 Å². The Morgan fingerprint density at radius 3 is 3.09 bits per heavy atom. The average molecular weight is 152 g/mol. The summed E-state index contributed by atoms with van der Waals surface area (Å²) in [6.07, 6.45) is 10.0. The zero-order chi connectivity index (χ0) is 7.94. The van der Waals surface area contributed by atoms with E-state index in [0.717, 1.165) is 12.5 Å². The normalized spacial score (nSPS) is 23.5. The molecule has 62 valence electrons. The Morgan fingerprint density at radius 1 is 1.55 bits per heavy atom. The first-order valence-corrected chi connectivity index (χ1v) is 4.27. The standard InChI is InChI=1S/C10H16O/c1-2-8-11-9-10-6-4-3-5-7-10/h2-4,10H,1,5-9H2/t10-/m1/s1. The van der Waals surface area contributed by atoms with Crippen molar-refractivity contribution in [1.29, 1.82) is 0 Å². The zero-order valence-corrected chi connectivity index (χ0v) is 6.96. The quantitative estimate of drug-likeness (QED) is 0.444. The van der Waals surface area contributed by atoms with Gasteiger partial charge in [-0.1, -0.05) is 18.2 Å². The third-order valence-electron chi connectivity index (χ3n) is 1.97. The van der Waals surface area contributed by atoms with Crippen LogP contribution in [-0.4, -0.2) is 13.2 Å². The molecule has 0 unspecified atom stereocenters. The van der Waals surface area contributed by atoms with E-state index in [4.69, 9.17) is 4.74 Å². The number of rotatable bonds is 4. The van der Waals surface area contributed by atoms with Gasteiger partial charge in [0.25, 0.3) is 0 Å². The highest BCUT2D eigenvalue weighted by Crippen LogP contribution is 2.17. The van der Waals surface area contributed by atoms with E-state index in [1.54, 1.807) is 6.08 Å². The SMILES string of the molecule is C=CCOC[C@@H]1CC=CCC1. The predicted octanol–water partition coefficient (Wildman–Crippen LogP) is 2.55. The molecule has 0 amide bonds. The molecule has 0 spiro atoms. The molecule has 1 aliphatic carbocycles. The van der Waals surface area contributed by atoms with E-state index >= 15 is 0 Å². The fraction of sp³-hybridized carbons (Fsp3) is 0.600. The van der Waals surface area contributed by atoms with Crippen LogP contribution in [0.4, 0.5) is 0 Å². The fourth-order valence-corrected chi connectivity index (χ4v) is 1.33. The summed E-state index contributed by atoms with van der Waals surface area (Å²) in [4.78, 5) is 0. The molecule has 1 aliphatic rings. The molecule has 0 fully saturated rings. The van der Waals surface area contributed by atoms with Crippen LogP contribution in [0.25, 0.3) is 0 Å². The second-order valence-electron chi connectivity index (χ2n) is 2.98. The summed E-state index contributed by atoms with van der Waals surface area (Å²) in [6.45, 7) is 5.20. The predicted molar refractivity (Wildman–Crippen MR) is 47.5 cm³/mol. The lowest BCUT2D eigenvalue weighted by Gasteiger charge is -2.16. The minimum atomic E-state index is 0.695. The maximum atomic E-state index is 5.37. The van der Waals surface area contributed by atoms with Gasteiger partial charge in [0.2, 0.25) is 0 Å². The molecule has 11 heavy (non-hydrogen) atoms. The Hall–Kier alpha value is -0.560. The highest BCUT2D eigenvalue weighted by atomic mass is 16.5. The third-order valence-corrected chi connectivity index (χ3v) is 1.97. The van der Waals surface area contributed by atoms with Crippen molar-refractivity contribution >= 4 is 0 Å². The van der Waals surface area contributed by atoms with E-state index < -0.39 is 0 Å². The minimum absolute atomic E-state index is 0.695. The lowest BCUT2D eigenvalue weighted by molar-refractivity contribution is 0.119. The molecule has 1 atom stereocenters. The van der Waals surface area contributed by atoms with Crippen molar-refractivity contribution in [3.8, 4) is 0 Å². The smallest absolute Gasteiger partial charge is 0.0644 e. The number of allylic oxidation sites excluding steroid dienone is 2. The molecule has 0 N–H and O–H groups in total. The fourth-order valence-electron chi connectivity index (χ4n) is 1.33. The van der Waals surface area contributed by atoms with Crippen molar-refractivity contribution in [2.75, 3.05) is 13.2 Å². The highest BCUT2D eigenvalue weighted by Gasteiger charge is 2.08. The van der Waals surface area contributed by atoms with Crippen molar-refractivity contribution in [3.05, 3.63) is 24.8 Å². The van der Waals surface area contributed by atoms with Gasteiger partial charge < -0.3 is 4.74 Å². The molecular weight excluding hydrogens is 136 g/mol. The maximum Gasteiger partial charge on any atom is 0.0644 e. The molecular formula is C10H16O. The van der Waals surface area contributed by atoms with E-state index in [9.17, 15) is 0 Å². The third kappa shape index (κ3) is 3.38. The van der Waals surface area contributed by atoms with Gasteiger partial charge in [0.05, 0.1) is 13.2 Å². The van der Waals surface area contributed by atoms with E-state index in [1.807, 2.05) is 0 Å². The van der Waals surface area contributed by atoms with Gasteiger partial charge in [-0.15, -0.1) is 6.58 Å². The van der Waals surface area contributed by atoms with Gasteiger partial charge in [0.15, 0.2) is 0 Å². The van der Waals surface area contributed by atoms with E-state index in [1.165, 1.54) is 19.3 Å². The van der Waals surface area contributed by atoms with E-state index in [0.29, 0.717) is 6.61 Å². The van der Waals surface area contributed by atoms with Crippen LogP contribution in [0.2, 0.25) is 0 Å². The van der Waals surface area contributed by atoms with Crippen molar-refractivity contribution in [2.24, 2.45) is 5.92 Å². The van der Waals surface area contributed by atoms with Gasteiger partial charge in [0, 0.05) is 0 Å². The molecule has 0 aromatic rings. The first kappa shape index (κ1) is 8.54. The molecule has 0 saturated heterocycles. The molecule has 0 saturated carbocycles. The highest BCUT2D eigenvalue weighted by molar-refractivity contribution is 4.89. The van der Waals surface area contributed by atoms with Crippen molar-refractivity contribution in [1.82, 2.24) is 0 Å². The van der Waals surface area contributed by atoms with Crippen LogP contribution in [0.1, 0.15) is 19.3 Å². The Balaban J connectivity index is 2.06. The summed E-state index contributed by atoms with van der Waals surface area (Å²) in [5.74, 6) is 0.750. The topological polar surface area (TPSA) is 9.23 Å². The van der Waals surface area contributed by atoms with Gasteiger partial charge in [-0.2, -0.15) is 0 Å². The van der Waals surface area contributed by atoms with Crippen molar-refractivity contribution < 1.29 is 4.74 Å². The van der Waals surface area contributed by atoms with Crippen molar-refractivity contribution in [2.45, 2.75) is 19.3 Å². The summed E-state index contributed by atoms with van der Waals surface area (Å²) in [5.41, 5.74) is 0. The summed E-state index contributed by atoms with van der Waals surface area (Å²) < 4.78 is 5.37. The minimum Gasteiger partial charge on any atom is -0.377 e. The number of hydrogen-bond acceptors (Lipinski definition) is 1. The summed E-state index contributed by atoms with van der Waals surface area (Å²) in [7, 11) is 0. The molecule has 1 rings (SSSR count). The zero-order valence-electron chi connectivity index (χ0n) is 6.96. The van der Waals surface area contributed by atoms with Gasteiger partial charge >= 0.3 is 0 Å². The van der Waals surface area contributed by atoms with E-state index in [-0.39, 0.29) is 0 Å². The second kappa shape index (κ2) is 5.14. The first-order chi connectivity index (χ1) is 5.43. The average Bonchev–Trinajstić information content (AvgIpc) is 2.07. The molecule has 1 nitrogen and oxygen atoms in total. The summed E-state index contributed by atoms with van der Waals surface area (Å²) in [5, 5.41) is 0.